The molecule has 5 rings (SSSR count). The van der Waals surface area contributed by atoms with Gasteiger partial charge in [-0.3, -0.25) is 14.0 Å². The number of esters is 1. The van der Waals surface area contributed by atoms with Crippen LogP contribution in [0.3, 0.4) is 0 Å². The fourth-order valence-corrected chi connectivity index (χ4v) is 4.36. The Bertz CT molecular complexity index is 1830. The fourth-order valence-electron chi connectivity index (χ4n) is 4.36. The molecule has 1 aromatic carbocycles. The lowest BCUT2D eigenvalue weighted by Gasteiger charge is -2.15. The number of amides is 1. The van der Waals surface area contributed by atoms with E-state index in [-0.39, 0.29) is 46.4 Å². The smallest absolute Gasteiger partial charge is 0.341 e. The largest absolute Gasteiger partial charge is 0.493 e. The van der Waals surface area contributed by atoms with E-state index in [2.05, 4.69) is 4.99 Å². The summed E-state index contributed by atoms with van der Waals surface area (Å²) in [6.07, 6.45) is 3.12. The van der Waals surface area contributed by atoms with Crippen LogP contribution in [0.2, 0.25) is 0 Å². The van der Waals surface area contributed by atoms with Gasteiger partial charge in [0, 0.05) is 6.20 Å². The molecular formula is C29H26N4O6. The third-order valence-electron chi connectivity index (χ3n) is 6.12. The highest BCUT2D eigenvalue weighted by Gasteiger charge is 2.22. The molecule has 0 radical (unpaired) electrons. The molecule has 0 bridgehead atoms. The molecule has 198 valence electrons. The zero-order chi connectivity index (χ0) is 27.5. The first-order valence-electron chi connectivity index (χ1n) is 12.5. The highest BCUT2D eigenvalue weighted by Crippen LogP contribution is 2.20. The van der Waals surface area contributed by atoms with E-state index in [0.29, 0.717) is 23.8 Å². The first kappa shape index (κ1) is 25.7. The molecule has 39 heavy (non-hydrogen) atoms. The summed E-state index contributed by atoms with van der Waals surface area (Å²) in [6, 6.07) is 15.2. The maximum absolute atomic E-state index is 13.6. The quantitative estimate of drug-likeness (QED) is 0.233. The molecule has 0 N–H and O–H groups in total. The Morgan fingerprint density at radius 1 is 1.00 bits per heavy atom. The van der Waals surface area contributed by atoms with Crippen LogP contribution in [0.15, 0.2) is 81.3 Å². The van der Waals surface area contributed by atoms with E-state index >= 15 is 0 Å². The van der Waals surface area contributed by atoms with Gasteiger partial charge < -0.3 is 18.5 Å². The van der Waals surface area contributed by atoms with Crippen LogP contribution < -0.4 is 15.8 Å². The third kappa shape index (κ3) is 4.84. The first-order chi connectivity index (χ1) is 18.9. The van der Waals surface area contributed by atoms with Gasteiger partial charge in [-0.15, -0.1) is 0 Å². The maximum Gasteiger partial charge on any atom is 0.341 e. The number of benzene rings is 1. The molecule has 0 unspecified atom stereocenters. The Morgan fingerprint density at radius 2 is 1.82 bits per heavy atom. The summed E-state index contributed by atoms with van der Waals surface area (Å²) < 4.78 is 19.5. The van der Waals surface area contributed by atoms with Gasteiger partial charge in [0.05, 0.1) is 37.0 Å². The minimum Gasteiger partial charge on any atom is -0.493 e. The number of carbonyl (C=O) groups excluding carboxylic acids is 2. The van der Waals surface area contributed by atoms with E-state index in [4.69, 9.17) is 18.9 Å². The standard InChI is InChI=1S/C29H26N4O6/c1-4-37-23-13-7-6-12-20(23)27(34)31-26-22(29(36)38-5-2)16-21-25(33(26)17-19-11-9-15-39-19)30-24-18(3)10-8-14-32(24)28(21)35/h6-16H,4-5,17H2,1-3H3. The van der Waals surface area contributed by atoms with Crippen LogP contribution in [-0.4, -0.2) is 39.0 Å². The van der Waals surface area contributed by atoms with Crippen LogP contribution in [-0.2, 0) is 11.3 Å². The van der Waals surface area contributed by atoms with Crippen molar-refractivity contribution in [3.8, 4) is 5.75 Å². The molecule has 10 nitrogen and oxygen atoms in total. The molecule has 5 aromatic rings. The van der Waals surface area contributed by atoms with Gasteiger partial charge in [0.25, 0.3) is 11.5 Å². The normalized spacial score (nSPS) is 11.7. The SMILES string of the molecule is CCOC(=O)c1cc2c(=O)n3cccc(C)c3nc2n(Cc2ccco2)c1=NC(=O)c1ccccc1OCC. The Kier molecular flexibility index (Phi) is 7.09. The van der Waals surface area contributed by atoms with Crippen LogP contribution in [0.5, 0.6) is 5.75 Å². The highest BCUT2D eigenvalue weighted by atomic mass is 16.5. The summed E-state index contributed by atoms with van der Waals surface area (Å²) in [5, 5.41) is 0.161. The summed E-state index contributed by atoms with van der Waals surface area (Å²) in [5.41, 5.74) is 1.23. The van der Waals surface area contributed by atoms with Gasteiger partial charge in [-0.25, -0.2) is 9.78 Å². The van der Waals surface area contributed by atoms with Gasteiger partial charge in [0.15, 0.2) is 5.49 Å². The van der Waals surface area contributed by atoms with E-state index in [9.17, 15) is 14.4 Å². The number of aromatic nitrogens is 3. The Balaban J connectivity index is 1.90. The predicted molar refractivity (Wildman–Crippen MR) is 143 cm³/mol. The van der Waals surface area contributed by atoms with Crippen LogP contribution in [0.25, 0.3) is 16.7 Å². The molecule has 0 saturated heterocycles. The Morgan fingerprint density at radius 3 is 2.56 bits per heavy atom. The number of para-hydroxylation sites is 1. The molecule has 0 aliphatic rings. The van der Waals surface area contributed by atoms with Crippen molar-refractivity contribution in [2.24, 2.45) is 4.99 Å². The van der Waals surface area contributed by atoms with Crippen molar-refractivity contribution in [3.05, 3.63) is 105 Å². The van der Waals surface area contributed by atoms with E-state index in [1.807, 2.05) is 19.9 Å². The number of nitrogens with zero attached hydrogens (tertiary/aromatic N) is 4. The van der Waals surface area contributed by atoms with Crippen molar-refractivity contribution in [1.82, 2.24) is 14.0 Å². The van der Waals surface area contributed by atoms with Crippen molar-refractivity contribution in [2.75, 3.05) is 13.2 Å². The zero-order valence-electron chi connectivity index (χ0n) is 21.7. The molecule has 10 heteroatoms. The lowest BCUT2D eigenvalue weighted by Crippen LogP contribution is -2.33. The lowest BCUT2D eigenvalue weighted by molar-refractivity contribution is 0.0523. The minimum atomic E-state index is -0.731. The molecule has 0 spiro atoms. The number of ether oxygens (including phenoxy) is 2. The third-order valence-corrected chi connectivity index (χ3v) is 6.12. The molecule has 0 aliphatic carbocycles. The predicted octanol–water partition coefficient (Wildman–Crippen LogP) is 3.92. The number of pyridine rings is 2. The second kappa shape index (κ2) is 10.8. The monoisotopic (exact) mass is 526 g/mol. The van der Waals surface area contributed by atoms with E-state index in [1.165, 1.54) is 21.3 Å². The van der Waals surface area contributed by atoms with E-state index in [0.717, 1.165) is 5.56 Å². The van der Waals surface area contributed by atoms with Crippen molar-refractivity contribution >= 4 is 28.6 Å². The molecule has 1 amide bonds. The van der Waals surface area contributed by atoms with Crippen LogP contribution in [0.1, 0.15) is 45.9 Å². The number of rotatable bonds is 7. The number of hydrogen-bond acceptors (Lipinski definition) is 7. The van der Waals surface area contributed by atoms with Gasteiger partial charge in [-0.2, -0.15) is 4.99 Å². The lowest BCUT2D eigenvalue weighted by atomic mass is 10.1. The molecular weight excluding hydrogens is 500 g/mol. The van der Waals surface area contributed by atoms with Crippen molar-refractivity contribution < 1.29 is 23.5 Å². The van der Waals surface area contributed by atoms with Gasteiger partial charge in [-0.1, -0.05) is 18.2 Å². The zero-order valence-corrected chi connectivity index (χ0v) is 21.7. The number of carbonyl (C=O) groups is 2. The van der Waals surface area contributed by atoms with Crippen molar-refractivity contribution in [1.29, 1.82) is 0 Å². The number of hydrogen-bond donors (Lipinski definition) is 0. The fraction of sp³-hybridized carbons (Fsp3) is 0.207. The molecule has 0 aliphatic heterocycles. The van der Waals surface area contributed by atoms with E-state index < -0.39 is 11.9 Å². The molecule has 0 atom stereocenters. The number of fused-ring (bicyclic) bond motifs is 2. The first-order valence-corrected chi connectivity index (χ1v) is 12.5. The van der Waals surface area contributed by atoms with Gasteiger partial charge in [0.2, 0.25) is 0 Å². The second-order valence-electron chi connectivity index (χ2n) is 8.65. The van der Waals surface area contributed by atoms with Crippen LogP contribution >= 0.6 is 0 Å². The van der Waals surface area contributed by atoms with Gasteiger partial charge in [-0.05, 0) is 62.7 Å². The highest BCUT2D eigenvalue weighted by molar-refractivity contribution is 5.99. The minimum absolute atomic E-state index is 0.0153. The topological polar surface area (TPSA) is 117 Å². The summed E-state index contributed by atoms with van der Waals surface area (Å²) in [5.74, 6) is -0.493. The average Bonchev–Trinajstić information content (AvgIpc) is 3.44. The Hall–Kier alpha value is -4.99. The molecule has 4 aromatic heterocycles. The molecule has 0 saturated carbocycles. The van der Waals surface area contributed by atoms with Crippen molar-refractivity contribution in [3.63, 3.8) is 0 Å². The Labute approximate surface area is 222 Å². The summed E-state index contributed by atoms with van der Waals surface area (Å²) >= 11 is 0. The van der Waals surface area contributed by atoms with Crippen LogP contribution in [0, 0.1) is 6.92 Å². The number of aryl methyl sites for hydroxylation is 1. The van der Waals surface area contributed by atoms with E-state index in [1.54, 1.807) is 55.6 Å². The summed E-state index contributed by atoms with van der Waals surface area (Å²) in [4.78, 5) is 49.5. The maximum atomic E-state index is 13.6. The summed E-state index contributed by atoms with van der Waals surface area (Å²) in [7, 11) is 0. The number of furan rings is 1. The van der Waals surface area contributed by atoms with Crippen molar-refractivity contribution in [2.45, 2.75) is 27.3 Å². The second-order valence-corrected chi connectivity index (χ2v) is 8.65. The van der Waals surface area contributed by atoms with Gasteiger partial charge in [0.1, 0.15) is 28.4 Å². The van der Waals surface area contributed by atoms with Crippen LogP contribution in [0.4, 0.5) is 0 Å². The summed E-state index contributed by atoms with van der Waals surface area (Å²) in [6.45, 7) is 5.82. The molecule has 0 fully saturated rings. The van der Waals surface area contributed by atoms with Gasteiger partial charge >= 0.3 is 5.97 Å². The average molecular weight is 527 g/mol. The molecule has 4 heterocycles.